The van der Waals surface area contributed by atoms with Crippen LogP contribution in [0.1, 0.15) is 32.1 Å². The molecule has 0 saturated carbocycles. The second kappa shape index (κ2) is 3.07. The molecular formula is C9H13NO2S. The Balaban J connectivity index is 2.15. The van der Waals surface area contributed by atoms with Crippen molar-refractivity contribution in [2.24, 2.45) is 0 Å². The summed E-state index contributed by atoms with van der Waals surface area (Å²) in [6.07, 6.45) is 3.24. The fourth-order valence-electron chi connectivity index (χ4n) is 2.47. The van der Waals surface area contributed by atoms with Crippen LogP contribution in [0.3, 0.4) is 0 Å². The highest BCUT2D eigenvalue weighted by molar-refractivity contribution is 7.86. The Bertz CT molecular complexity index is 268. The summed E-state index contributed by atoms with van der Waals surface area (Å²) in [4.78, 5) is 0. The van der Waals surface area contributed by atoms with Gasteiger partial charge in [0, 0.05) is 21.3 Å². The van der Waals surface area contributed by atoms with Gasteiger partial charge in [-0.25, -0.2) is 0 Å². The van der Waals surface area contributed by atoms with E-state index in [2.05, 4.69) is 0 Å². The summed E-state index contributed by atoms with van der Waals surface area (Å²) in [5, 5.41) is 18.9. The molecule has 0 amide bonds. The van der Waals surface area contributed by atoms with E-state index in [9.17, 15) is 9.32 Å². The van der Waals surface area contributed by atoms with E-state index in [0.717, 1.165) is 12.8 Å². The lowest BCUT2D eigenvalue weighted by Crippen LogP contribution is -2.42. The standard InChI is InChI=1S/C9H13NO2S/c10-4-3-9(11)5-7-1-2-8(6-9)13(7)12/h7-8,11H,1-3,5-6H2. The number of rotatable bonds is 1. The van der Waals surface area contributed by atoms with Crippen LogP contribution in [0.5, 0.6) is 0 Å². The molecule has 2 fully saturated rings. The molecule has 2 unspecified atom stereocenters. The molecule has 0 aromatic rings. The van der Waals surface area contributed by atoms with Crippen molar-refractivity contribution in [2.45, 2.75) is 48.2 Å². The van der Waals surface area contributed by atoms with E-state index in [1.807, 2.05) is 6.07 Å². The van der Waals surface area contributed by atoms with Gasteiger partial charge in [0.1, 0.15) is 0 Å². The lowest BCUT2D eigenvalue weighted by molar-refractivity contribution is 0.0274. The monoisotopic (exact) mass is 199 g/mol. The van der Waals surface area contributed by atoms with E-state index >= 15 is 0 Å². The van der Waals surface area contributed by atoms with Gasteiger partial charge in [0.25, 0.3) is 0 Å². The predicted octanol–water partition coefficient (Wildman–Crippen LogP) is 0.705. The smallest absolute Gasteiger partial charge is 0.0800 e. The van der Waals surface area contributed by atoms with Crippen molar-refractivity contribution >= 4 is 10.8 Å². The minimum atomic E-state index is -0.839. The summed E-state index contributed by atoms with van der Waals surface area (Å²) >= 11 is 0. The Morgan fingerprint density at radius 2 is 2.00 bits per heavy atom. The molecule has 2 atom stereocenters. The summed E-state index contributed by atoms with van der Waals surface area (Å²) in [7, 11) is -0.738. The van der Waals surface area contributed by atoms with Crippen LogP contribution in [0.15, 0.2) is 0 Å². The predicted molar refractivity (Wildman–Crippen MR) is 49.4 cm³/mol. The van der Waals surface area contributed by atoms with Gasteiger partial charge in [-0.3, -0.25) is 4.21 Å². The Morgan fingerprint density at radius 1 is 1.46 bits per heavy atom. The van der Waals surface area contributed by atoms with Crippen LogP contribution in [0.2, 0.25) is 0 Å². The van der Waals surface area contributed by atoms with Crippen molar-refractivity contribution in [3.63, 3.8) is 0 Å². The molecule has 0 aromatic heterocycles. The lowest BCUT2D eigenvalue weighted by atomic mass is 9.91. The van der Waals surface area contributed by atoms with Crippen molar-refractivity contribution in [1.29, 1.82) is 5.26 Å². The zero-order valence-corrected chi connectivity index (χ0v) is 8.22. The topological polar surface area (TPSA) is 61.1 Å². The second-order valence-corrected chi connectivity index (χ2v) is 6.11. The molecule has 0 aromatic carbocycles. The van der Waals surface area contributed by atoms with E-state index in [0.29, 0.717) is 12.8 Å². The zero-order chi connectivity index (χ0) is 9.47. The van der Waals surface area contributed by atoms with Gasteiger partial charge in [-0.2, -0.15) is 5.26 Å². The number of hydrogen-bond acceptors (Lipinski definition) is 3. The summed E-state index contributed by atoms with van der Waals surface area (Å²) in [6.45, 7) is 0. The van der Waals surface area contributed by atoms with Crippen LogP contribution in [0, 0.1) is 11.3 Å². The van der Waals surface area contributed by atoms with Crippen LogP contribution >= 0.6 is 0 Å². The molecule has 72 valence electrons. The van der Waals surface area contributed by atoms with Gasteiger partial charge in [-0.1, -0.05) is 0 Å². The molecule has 0 spiro atoms. The first-order valence-electron chi connectivity index (χ1n) is 4.63. The zero-order valence-electron chi connectivity index (χ0n) is 7.40. The minimum absolute atomic E-state index is 0.150. The Labute approximate surface area is 80.2 Å². The summed E-state index contributed by atoms with van der Waals surface area (Å²) < 4.78 is 11.6. The molecule has 2 bridgehead atoms. The third-order valence-electron chi connectivity index (χ3n) is 3.09. The second-order valence-electron chi connectivity index (χ2n) is 4.12. The molecule has 3 nitrogen and oxygen atoms in total. The average molecular weight is 199 g/mol. The number of nitriles is 1. The van der Waals surface area contributed by atoms with Crippen LogP contribution in [0.25, 0.3) is 0 Å². The van der Waals surface area contributed by atoms with Crippen molar-refractivity contribution in [3.8, 4) is 6.07 Å². The maximum atomic E-state index is 11.6. The minimum Gasteiger partial charge on any atom is -0.389 e. The molecule has 4 heteroatoms. The van der Waals surface area contributed by atoms with Gasteiger partial charge in [-0.05, 0) is 25.7 Å². The largest absolute Gasteiger partial charge is 0.389 e. The molecule has 2 heterocycles. The number of fused-ring (bicyclic) bond motifs is 2. The van der Waals surface area contributed by atoms with E-state index in [4.69, 9.17) is 5.26 Å². The SMILES string of the molecule is N#CCC1(O)CC2CCC(C1)S2=O. The normalized spacial score (nSPS) is 48.8. The van der Waals surface area contributed by atoms with Crippen molar-refractivity contribution < 1.29 is 9.32 Å². The van der Waals surface area contributed by atoms with Gasteiger partial charge >= 0.3 is 0 Å². The molecule has 2 aliphatic heterocycles. The molecule has 13 heavy (non-hydrogen) atoms. The first-order valence-corrected chi connectivity index (χ1v) is 5.91. The molecule has 1 N–H and O–H groups in total. The molecule has 2 rings (SSSR count). The Kier molecular flexibility index (Phi) is 2.17. The van der Waals surface area contributed by atoms with Crippen LogP contribution in [-0.2, 0) is 10.8 Å². The first-order chi connectivity index (χ1) is 6.14. The molecule has 2 aliphatic rings. The summed E-state index contributed by atoms with van der Waals surface area (Å²) in [5.41, 5.74) is -0.839. The molecular weight excluding hydrogens is 186 g/mol. The average Bonchev–Trinajstić information content (AvgIpc) is 2.34. The highest BCUT2D eigenvalue weighted by atomic mass is 32.2. The fourth-order valence-corrected chi connectivity index (χ4v) is 4.70. The number of nitrogens with zero attached hydrogens (tertiary/aromatic N) is 1. The Hall–Kier alpha value is -0.400. The maximum absolute atomic E-state index is 11.6. The van der Waals surface area contributed by atoms with Gasteiger partial charge in [0.05, 0.1) is 18.1 Å². The first kappa shape index (κ1) is 9.17. The van der Waals surface area contributed by atoms with Crippen molar-refractivity contribution in [3.05, 3.63) is 0 Å². The van der Waals surface area contributed by atoms with E-state index in [-0.39, 0.29) is 16.9 Å². The molecule has 0 radical (unpaired) electrons. The van der Waals surface area contributed by atoms with E-state index in [1.165, 1.54) is 0 Å². The summed E-state index contributed by atoms with van der Waals surface area (Å²) in [6, 6.07) is 2.01. The third kappa shape index (κ3) is 1.51. The van der Waals surface area contributed by atoms with Crippen LogP contribution in [-0.4, -0.2) is 25.4 Å². The highest BCUT2D eigenvalue weighted by Gasteiger charge is 2.47. The third-order valence-corrected chi connectivity index (χ3v) is 5.21. The van der Waals surface area contributed by atoms with Gasteiger partial charge in [0.2, 0.25) is 0 Å². The van der Waals surface area contributed by atoms with Crippen LogP contribution < -0.4 is 0 Å². The van der Waals surface area contributed by atoms with E-state index < -0.39 is 16.4 Å². The van der Waals surface area contributed by atoms with Crippen molar-refractivity contribution in [2.75, 3.05) is 0 Å². The number of hydrogen-bond donors (Lipinski definition) is 1. The van der Waals surface area contributed by atoms with Gasteiger partial charge in [-0.15, -0.1) is 0 Å². The highest BCUT2D eigenvalue weighted by Crippen LogP contribution is 2.41. The molecule has 0 aliphatic carbocycles. The quantitative estimate of drug-likeness (QED) is 0.676. The van der Waals surface area contributed by atoms with Crippen molar-refractivity contribution in [1.82, 2.24) is 0 Å². The molecule has 2 saturated heterocycles. The van der Waals surface area contributed by atoms with E-state index in [1.54, 1.807) is 0 Å². The van der Waals surface area contributed by atoms with Gasteiger partial charge in [0.15, 0.2) is 0 Å². The summed E-state index contributed by atoms with van der Waals surface area (Å²) in [5.74, 6) is 0. The fraction of sp³-hybridized carbons (Fsp3) is 0.889. The van der Waals surface area contributed by atoms with Crippen LogP contribution in [0.4, 0.5) is 0 Å². The Morgan fingerprint density at radius 3 is 2.46 bits per heavy atom. The number of aliphatic hydroxyl groups is 1. The lowest BCUT2D eigenvalue weighted by Gasteiger charge is -2.33. The maximum Gasteiger partial charge on any atom is 0.0800 e. The van der Waals surface area contributed by atoms with Gasteiger partial charge < -0.3 is 5.11 Å².